The average Bonchev–Trinajstić information content (AvgIpc) is 2.25. The summed E-state index contributed by atoms with van der Waals surface area (Å²) in [6, 6.07) is 3.89. The largest absolute Gasteiger partial charge is 0.368 e. The van der Waals surface area contributed by atoms with Gasteiger partial charge in [-0.2, -0.15) is 0 Å². The Hall–Kier alpha value is -0.440. The number of anilines is 1. The number of benzene rings is 1. The van der Waals surface area contributed by atoms with Gasteiger partial charge in [0.15, 0.2) is 0 Å². The van der Waals surface area contributed by atoms with E-state index in [-0.39, 0.29) is 0 Å². The van der Waals surface area contributed by atoms with Crippen molar-refractivity contribution in [3.63, 3.8) is 0 Å². The number of nitrogens with zero attached hydrogens (tertiary/aromatic N) is 1. The summed E-state index contributed by atoms with van der Waals surface area (Å²) in [7, 11) is 0. The number of hydrogen-bond donors (Lipinski definition) is 1. The van der Waals surface area contributed by atoms with Crippen molar-refractivity contribution in [1.82, 2.24) is 5.32 Å². The molecule has 0 aromatic heterocycles. The molecule has 82 valence electrons. The molecular formula is C11H14Cl2N2. The van der Waals surface area contributed by atoms with E-state index in [1.54, 1.807) is 0 Å². The molecule has 0 bridgehead atoms. The lowest BCUT2D eigenvalue weighted by Gasteiger charge is -2.30. The predicted molar refractivity (Wildman–Crippen MR) is 66.3 cm³/mol. The van der Waals surface area contributed by atoms with Crippen LogP contribution in [0.3, 0.4) is 0 Å². The first-order valence-corrected chi connectivity index (χ1v) is 5.85. The summed E-state index contributed by atoms with van der Waals surface area (Å²) in [5.41, 5.74) is 2.08. The van der Waals surface area contributed by atoms with Gasteiger partial charge in [0.1, 0.15) is 0 Å². The normalized spacial score (nSPS) is 16.9. The van der Waals surface area contributed by atoms with Crippen LogP contribution in [0.25, 0.3) is 0 Å². The molecule has 0 radical (unpaired) electrons. The molecule has 1 aliphatic rings. The Labute approximate surface area is 100 Å². The summed E-state index contributed by atoms with van der Waals surface area (Å²) in [6.07, 6.45) is 0. The zero-order valence-electron chi connectivity index (χ0n) is 8.69. The summed E-state index contributed by atoms with van der Waals surface area (Å²) < 4.78 is 0. The number of nitrogens with one attached hydrogen (secondary N) is 1. The second-order valence-electron chi connectivity index (χ2n) is 3.79. The molecule has 1 heterocycles. The second-order valence-corrected chi connectivity index (χ2v) is 4.60. The van der Waals surface area contributed by atoms with Crippen LogP contribution in [-0.4, -0.2) is 26.2 Å². The zero-order chi connectivity index (χ0) is 10.8. The van der Waals surface area contributed by atoms with E-state index in [9.17, 15) is 0 Å². The second kappa shape index (κ2) is 4.60. The fourth-order valence-electron chi connectivity index (χ4n) is 1.78. The van der Waals surface area contributed by atoms with Gasteiger partial charge >= 0.3 is 0 Å². The highest BCUT2D eigenvalue weighted by Crippen LogP contribution is 2.31. The maximum Gasteiger partial charge on any atom is 0.0643 e. The lowest BCUT2D eigenvalue weighted by atomic mass is 10.2. The zero-order valence-corrected chi connectivity index (χ0v) is 10.2. The summed E-state index contributed by atoms with van der Waals surface area (Å²) in [5.74, 6) is 0. The standard InChI is InChI=1S/C11H14Cl2N2/c1-8-6-10(13)11(7-9(8)12)15-4-2-14-3-5-15/h6-7,14H,2-5H2,1H3. The van der Waals surface area contributed by atoms with Crippen LogP contribution in [-0.2, 0) is 0 Å². The monoisotopic (exact) mass is 244 g/mol. The molecular weight excluding hydrogens is 231 g/mol. The molecule has 1 saturated heterocycles. The van der Waals surface area contributed by atoms with Crippen LogP contribution < -0.4 is 10.2 Å². The van der Waals surface area contributed by atoms with Gasteiger partial charge in [0.05, 0.1) is 10.7 Å². The minimum absolute atomic E-state index is 0.785. The minimum atomic E-state index is 0.785. The molecule has 0 amide bonds. The third-order valence-corrected chi connectivity index (χ3v) is 3.40. The molecule has 1 aliphatic heterocycles. The number of aryl methyl sites for hydroxylation is 1. The van der Waals surface area contributed by atoms with E-state index in [0.29, 0.717) is 0 Å². The minimum Gasteiger partial charge on any atom is -0.368 e. The van der Waals surface area contributed by atoms with E-state index < -0.39 is 0 Å². The first-order chi connectivity index (χ1) is 7.18. The first kappa shape index (κ1) is 11.1. The van der Waals surface area contributed by atoms with E-state index in [1.165, 1.54) is 0 Å². The Morgan fingerprint density at radius 3 is 2.47 bits per heavy atom. The van der Waals surface area contributed by atoms with Gasteiger partial charge < -0.3 is 10.2 Å². The van der Waals surface area contributed by atoms with Gasteiger partial charge in [-0.15, -0.1) is 0 Å². The van der Waals surface area contributed by atoms with Crippen LogP contribution in [0.5, 0.6) is 0 Å². The maximum atomic E-state index is 6.21. The molecule has 0 aliphatic carbocycles. The van der Waals surface area contributed by atoms with Gasteiger partial charge in [0.2, 0.25) is 0 Å². The van der Waals surface area contributed by atoms with Crippen LogP contribution in [0, 0.1) is 6.92 Å². The van der Waals surface area contributed by atoms with Crippen molar-refractivity contribution < 1.29 is 0 Å². The number of halogens is 2. The fourth-order valence-corrected chi connectivity index (χ4v) is 2.28. The SMILES string of the molecule is Cc1cc(Cl)c(N2CCNCC2)cc1Cl. The molecule has 1 N–H and O–H groups in total. The van der Waals surface area contributed by atoms with Gasteiger partial charge in [0.25, 0.3) is 0 Å². The van der Waals surface area contributed by atoms with Crippen molar-refractivity contribution in [3.05, 3.63) is 27.7 Å². The van der Waals surface area contributed by atoms with Crippen molar-refractivity contribution >= 4 is 28.9 Å². The molecule has 1 aromatic rings. The molecule has 2 nitrogen and oxygen atoms in total. The average molecular weight is 245 g/mol. The van der Waals surface area contributed by atoms with Crippen LogP contribution in [0.2, 0.25) is 10.0 Å². The molecule has 4 heteroatoms. The Bertz CT molecular complexity index is 360. The van der Waals surface area contributed by atoms with E-state index in [2.05, 4.69) is 10.2 Å². The van der Waals surface area contributed by atoms with Gasteiger partial charge in [-0.25, -0.2) is 0 Å². The van der Waals surface area contributed by atoms with Crippen molar-refractivity contribution in [2.45, 2.75) is 6.92 Å². The van der Waals surface area contributed by atoms with Crippen molar-refractivity contribution in [3.8, 4) is 0 Å². The van der Waals surface area contributed by atoms with Crippen molar-refractivity contribution in [2.75, 3.05) is 31.1 Å². The third kappa shape index (κ3) is 2.39. The number of rotatable bonds is 1. The molecule has 2 rings (SSSR count). The quantitative estimate of drug-likeness (QED) is 0.818. The Morgan fingerprint density at radius 1 is 1.13 bits per heavy atom. The number of piperazine rings is 1. The summed E-state index contributed by atoms with van der Waals surface area (Å²) in [4.78, 5) is 2.27. The molecule has 0 saturated carbocycles. The summed E-state index contributed by atoms with van der Waals surface area (Å²) in [5, 5.41) is 4.89. The summed E-state index contributed by atoms with van der Waals surface area (Å²) in [6.45, 7) is 5.94. The van der Waals surface area contributed by atoms with Gasteiger partial charge in [-0.1, -0.05) is 23.2 Å². The lowest BCUT2D eigenvalue weighted by molar-refractivity contribution is 0.589. The molecule has 0 unspecified atom stereocenters. The highest BCUT2D eigenvalue weighted by atomic mass is 35.5. The highest BCUT2D eigenvalue weighted by Gasteiger charge is 2.14. The molecule has 1 aromatic carbocycles. The topological polar surface area (TPSA) is 15.3 Å². The smallest absolute Gasteiger partial charge is 0.0643 e. The van der Waals surface area contributed by atoms with Crippen LogP contribution in [0.1, 0.15) is 5.56 Å². The van der Waals surface area contributed by atoms with Gasteiger partial charge in [-0.3, -0.25) is 0 Å². The van der Waals surface area contributed by atoms with E-state index in [0.717, 1.165) is 47.5 Å². The highest BCUT2D eigenvalue weighted by molar-refractivity contribution is 6.35. The summed E-state index contributed by atoms with van der Waals surface area (Å²) >= 11 is 12.3. The van der Waals surface area contributed by atoms with Gasteiger partial charge in [0, 0.05) is 31.2 Å². The molecule has 15 heavy (non-hydrogen) atoms. The molecule has 1 fully saturated rings. The Kier molecular flexibility index (Phi) is 3.39. The van der Waals surface area contributed by atoms with E-state index in [1.807, 2.05) is 19.1 Å². The first-order valence-electron chi connectivity index (χ1n) is 5.10. The fraction of sp³-hybridized carbons (Fsp3) is 0.455. The molecule has 0 spiro atoms. The Morgan fingerprint density at radius 2 is 1.80 bits per heavy atom. The van der Waals surface area contributed by atoms with Crippen LogP contribution in [0.15, 0.2) is 12.1 Å². The van der Waals surface area contributed by atoms with E-state index in [4.69, 9.17) is 23.2 Å². The van der Waals surface area contributed by atoms with Crippen LogP contribution in [0.4, 0.5) is 5.69 Å². The van der Waals surface area contributed by atoms with Crippen molar-refractivity contribution in [2.24, 2.45) is 0 Å². The maximum absolute atomic E-state index is 6.21. The lowest BCUT2D eigenvalue weighted by Crippen LogP contribution is -2.43. The van der Waals surface area contributed by atoms with Crippen LogP contribution >= 0.6 is 23.2 Å². The third-order valence-electron chi connectivity index (χ3n) is 2.69. The van der Waals surface area contributed by atoms with Crippen molar-refractivity contribution in [1.29, 1.82) is 0 Å². The van der Waals surface area contributed by atoms with Gasteiger partial charge in [-0.05, 0) is 24.6 Å². The number of hydrogen-bond acceptors (Lipinski definition) is 2. The predicted octanol–water partition coefficient (Wildman–Crippen LogP) is 2.71. The Balaban J connectivity index is 2.30. The molecule has 0 atom stereocenters. The van der Waals surface area contributed by atoms with E-state index >= 15 is 0 Å².